The molecule has 3 aromatic heterocycles. The molecule has 0 bridgehead atoms. The Kier molecular flexibility index (Phi) is 8.91. The summed E-state index contributed by atoms with van der Waals surface area (Å²) in [7, 11) is 0. The van der Waals surface area contributed by atoms with Gasteiger partial charge in [-0.25, -0.2) is 30.0 Å². The van der Waals surface area contributed by atoms with Crippen molar-refractivity contribution in [1.82, 2.24) is 35.2 Å². The van der Waals surface area contributed by atoms with E-state index in [2.05, 4.69) is 29.1 Å². The van der Waals surface area contributed by atoms with Gasteiger partial charge >= 0.3 is 12.1 Å². The number of nitrogens with one attached hydrogen (secondary N) is 2. The molecule has 0 spiro atoms. The van der Waals surface area contributed by atoms with E-state index in [4.69, 9.17) is 19.7 Å². The van der Waals surface area contributed by atoms with Crippen molar-refractivity contribution in [3.63, 3.8) is 0 Å². The van der Waals surface area contributed by atoms with Crippen molar-refractivity contribution in [2.24, 2.45) is 0 Å². The topological polar surface area (TPSA) is 201 Å². The van der Waals surface area contributed by atoms with Crippen LogP contribution in [0.4, 0.5) is 10.7 Å². The second-order valence-corrected chi connectivity index (χ2v) is 13.1. The average Bonchev–Trinajstić information content (AvgIpc) is 3.51. The van der Waals surface area contributed by atoms with E-state index < -0.39 is 23.6 Å². The first-order chi connectivity index (χ1) is 24.5. The Morgan fingerprint density at radius 1 is 1.08 bits per heavy atom. The smallest absolute Gasteiger partial charge is 0.415 e. The Hall–Kier alpha value is -5.45. The van der Waals surface area contributed by atoms with Gasteiger partial charge in [0.1, 0.15) is 12.4 Å². The van der Waals surface area contributed by atoms with Gasteiger partial charge in [-0.3, -0.25) is 14.8 Å². The fourth-order valence-electron chi connectivity index (χ4n) is 6.90. The van der Waals surface area contributed by atoms with Gasteiger partial charge in [0, 0.05) is 61.1 Å². The number of anilines is 1. The molecule has 1 saturated heterocycles. The minimum absolute atomic E-state index is 0.0542. The summed E-state index contributed by atoms with van der Waals surface area (Å²) in [4.78, 5) is 68.1. The molecule has 0 aliphatic carbocycles. The van der Waals surface area contributed by atoms with E-state index in [1.807, 2.05) is 4.90 Å². The number of hydroxylamine groups is 1. The number of piperazine rings is 1. The van der Waals surface area contributed by atoms with E-state index in [0.717, 1.165) is 16.5 Å². The van der Waals surface area contributed by atoms with E-state index >= 15 is 0 Å². The summed E-state index contributed by atoms with van der Waals surface area (Å²) in [6.45, 7) is 8.10. The average molecular weight is 699 g/mol. The first kappa shape index (κ1) is 34.0. The van der Waals surface area contributed by atoms with Gasteiger partial charge in [-0.05, 0) is 49.2 Å². The third-order valence-electron chi connectivity index (χ3n) is 9.73. The fraction of sp³-hybridized carbons (Fsp3) is 0.400. The van der Waals surface area contributed by atoms with E-state index in [1.165, 1.54) is 12.4 Å². The Morgan fingerprint density at radius 2 is 1.82 bits per heavy atom. The van der Waals surface area contributed by atoms with Crippen molar-refractivity contribution in [1.29, 1.82) is 0 Å². The van der Waals surface area contributed by atoms with E-state index in [-0.39, 0.29) is 47.9 Å². The zero-order valence-corrected chi connectivity index (χ0v) is 28.4. The molecule has 1 aromatic carbocycles. The summed E-state index contributed by atoms with van der Waals surface area (Å²) in [5.74, 6) is -0.728. The maximum absolute atomic E-state index is 13.8. The molecule has 16 heteroatoms. The predicted octanol–water partition coefficient (Wildman–Crippen LogP) is 1.85. The van der Waals surface area contributed by atoms with Crippen LogP contribution in [0.3, 0.4) is 0 Å². The Bertz CT molecular complexity index is 2110. The summed E-state index contributed by atoms with van der Waals surface area (Å²) >= 11 is 0. The number of fused-ring (bicyclic) bond motifs is 5. The fourth-order valence-corrected chi connectivity index (χ4v) is 6.90. The van der Waals surface area contributed by atoms with Crippen LogP contribution in [0.15, 0.2) is 41.5 Å². The minimum atomic E-state index is -1.92. The Balaban J connectivity index is 1.15. The molecule has 1 fully saturated rings. The van der Waals surface area contributed by atoms with Gasteiger partial charge in [0.25, 0.3) is 11.5 Å². The van der Waals surface area contributed by atoms with E-state index in [9.17, 15) is 24.3 Å². The van der Waals surface area contributed by atoms with Gasteiger partial charge in [-0.1, -0.05) is 20.8 Å². The van der Waals surface area contributed by atoms with Crippen LogP contribution in [-0.4, -0.2) is 91.5 Å². The molecule has 3 aliphatic heterocycles. The maximum Gasteiger partial charge on any atom is 0.415 e. The van der Waals surface area contributed by atoms with Gasteiger partial charge in [-0.2, -0.15) is 0 Å². The summed E-state index contributed by atoms with van der Waals surface area (Å²) < 4.78 is 12.7. The SMILES string of the molecule is CC[C@@]1(O)C(=O)OCc2c1cc1n(c2=O)Cc2c-1nc1ccc(OC(=O)N3CCN(c4ncc(C(=O)NO)cn4)CC3)cc1c2CCNC(C)C. The monoisotopic (exact) mass is 698 g/mol. The van der Waals surface area contributed by atoms with Crippen LogP contribution < -0.4 is 26.0 Å². The highest BCUT2D eigenvalue weighted by Crippen LogP contribution is 2.41. The van der Waals surface area contributed by atoms with Crippen molar-refractivity contribution in [3.8, 4) is 17.1 Å². The number of hydrogen-bond donors (Lipinski definition) is 4. The van der Waals surface area contributed by atoms with Gasteiger partial charge < -0.3 is 34.3 Å². The zero-order valence-electron chi connectivity index (χ0n) is 28.4. The predicted molar refractivity (Wildman–Crippen MR) is 182 cm³/mol. The van der Waals surface area contributed by atoms with Crippen LogP contribution >= 0.6 is 0 Å². The number of ether oxygens (including phenoxy) is 2. The van der Waals surface area contributed by atoms with Crippen molar-refractivity contribution < 1.29 is 34.2 Å². The number of rotatable bonds is 8. The number of benzene rings is 1. The molecule has 4 N–H and O–H groups in total. The van der Waals surface area contributed by atoms with Crippen LogP contribution in [0, 0.1) is 0 Å². The number of carbonyl (C=O) groups is 3. The summed E-state index contributed by atoms with van der Waals surface area (Å²) in [6.07, 6.45) is 2.79. The number of amides is 2. The number of hydrogen-bond acceptors (Lipinski definition) is 13. The van der Waals surface area contributed by atoms with Crippen LogP contribution in [-0.2, 0) is 34.7 Å². The maximum atomic E-state index is 13.8. The van der Waals surface area contributed by atoms with E-state index in [1.54, 1.807) is 46.1 Å². The number of nitrogens with zero attached hydrogens (tertiary/aromatic N) is 6. The standard InChI is InChI=1S/C35H38N8O8/c1-4-35(48)26-14-28-29-24(17-43(28)31(45)25(26)18-50-32(35)46)22(7-8-36-19(2)3)23-13-21(5-6-27(23)39-29)51-34(47)42-11-9-41(10-12-42)33-37-15-20(16-38-33)30(44)40-49/h5-6,13-16,19,36,48-49H,4,7-12,17-18H2,1-3H3,(H,40,44)/t35-/m0/s1. The van der Waals surface area contributed by atoms with Crippen LogP contribution in [0.2, 0.25) is 0 Å². The summed E-state index contributed by atoms with van der Waals surface area (Å²) in [5, 5.41) is 24.3. The summed E-state index contributed by atoms with van der Waals surface area (Å²) in [6, 6.07) is 7.22. The van der Waals surface area contributed by atoms with Gasteiger partial charge in [-0.15, -0.1) is 0 Å². The number of carbonyl (C=O) groups excluding carboxylic acids is 3. The molecule has 2 amide bonds. The molecule has 1 atom stereocenters. The molecule has 16 nitrogen and oxygen atoms in total. The number of aliphatic hydroxyl groups is 1. The van der Waals surface area contributed by atoms with Crippen molar-refractivity contribution >= 4 is 34.8 Å². The normalized spacial score (nSPS) is 18.0. The van der Waals surface area contributed by atoms with E-state index in [0.29, 0.717) is 67.7 Å². The van der Waals surface area contributed by atoms with Crippen molar-refractivity contribution in [2.75, 3.05) is 37.6 Å². The molecule has 266 valence electrons. The lowest BCUT2D eigenvalue weighted by Crippen LogP contribution is -2.50. The molecule has 3 aliphatic rings. The lowest BCUT2D eigenvalue weighted by atomic mass is 9.86. The Morgan fingerprint density at radius 3 is 2.51 bits per heavy atom. The molecule has 0 radical (unpaired) electrons. The number of cyclic esters (lactones) is 1. The second kappa shape index (κ2) is 13.4. The lowest BCUT2D eigenvalue weighted by Gasteiger charge is -2.34. The first-order valence-corrected chi connectivity index (χ1v) is 16.9. The molecular weight excluding hydrogens is 660 g/mol. The highest BCUT2D eigenvalue weighted by atomic mass is 16.6. The quantitative estimate of drug-likeness (QED) is 0.104. The largest absolute Gasteiger partial charge is 0.458 e. The third kappa shape index (κ3) is 6.04. The third-order valence-corrected chi connectivity index (χ3v) is 9.73. The highest BCUT2D eigenvalue weighted by molar-refractivity contribution is 5.93. The molecule has 6 heterocycles. The second-order valence-electron chi connectivity index (χ2n) is 13.1. The Labute approximate surface area is 292 Å². The number of esters is 1. The molecule has 4 aromatic rings. The van der Waals surface area contributed by atoms with Crippen LogP contribution in [0.1, 0.15) is 59.8 Å². The van der Waals surface area contributed by atoms with Gasteiger partial charge in [0.2, 0.25) is 5.95 Å². The molecule has 7 rings (SSSR count). The van der Waals surface area contributed by atoms with Crippen LogP contribution in [0.5, 0.6) is 5.75 Å². The lowest BCUT2D eigenvalue weighted by molar-refractivity contribution is -0.172. The zero-order chi connectivity index (χ0) is 36.0. The molecule has 51 heavy (non-hydrogen) atoms. The molecule has 0 saturated carbocycles. The number of aromatic nitrogens is 4. The van der Waals surface area contributed by atoms with Crippen LogP contribution in [0.25, 0.3) is 22.3 Å². The highest BCUT2D eigenvalue weighted by Gasteiger charge is 2.45. The minimum Gasteiger partial charge on any atom is -0.458 e. The number of pyridine rings is 2. The first-order valence-electron chi connectivity index (χ1n) is 16.9. The van der Waals surface area contributed by atoms with Gasteiger partial charge in [0.15, 0.2) is 5.60 Å². The van der Waals surface area contributed by atoms with Gasteiger partial charge in [0.05, 0.1) is 34.6 Å². The van der Waals surface area contributed by atoms with Crippen molar-refractivity contribution in [3.05, 3.63) is 74.8 Å². The summed E-state index contributed by atoms with van der Waals surface area (Å²) in [5.41, 5.74) is 3.53. The van der Waals surface area contributed by atoms with Crippen molar-refractivity contribution in [2.45, 2.75) is 58.4 Å². The molecular formula is C35H38N8O8. The molecule has 0 unspecified atom stereocenters.